The smallest absolute Gasteiger partial charge is 0.414 e. The molecule has 0 aliphatic carbocycles. The first kappa shape index (κ1) is 21.5. The van der Waals surface area contributed by atoms with Crippen LogP contribution in [0, 0.1) is 5.82 Å². The van der Waals surface area contributed by atoms with Crippen molar-refractivity contribution in [1.29, 1.82) is 0 Å². The molecule has 0 bridgehead atoms. The summed E-state index contributed by atoms with van der Waals surface area (Å²) in [5.74, 6) is 0.827. The van der Waals surface area contributed by atoms with Crippen molar-refractivity contribution in [3.8, 4) is 0 Å². The molecule has 0 aromatic heterocycles. The number of cyclic esters (lactones) is 1. The number of rotatable bonds is 5. The Bertz CT molecular complexity index is 682. The van der Waals surface area contributed by atoms with Crippen LogP contribution in [0.4, 0.5) is 14.9 Å². The Hall–Kier alpha value is -1.84. The van der Waals surface area contributed by atoms with Crippen LogP contribution in [0.5, 0.6) is 0 Å². The van der Waals surface area contributed by atoms with Crippen LogP contribution < -0.4 is 10.2 Å². The highest BCUT2D eigenvalue weighted by atomic mass is 32.2. The average molecular weight is 400 g/mol. The zero-order valence-electron chi connectivity index (χ0n) is 15.2. The Morgan fingerprint density at radius 1 is 1.41 bits per heavy atom. The molecule has 2 aliphatic heterocycles. The number of anilines is 1. The van der Waals surface area contributed by atoms with Crippen LogP contribution in [-0.2, 0) is 20.7 Å². The highest BCUT2D eigenvalue weighted by molar-refractivity contribution is 7.91. The Balaban J connectivity index is 0.00000261. The van der Waals surface area contributed by atoms with Crippen molar-refractivity contribution >= 4 is 28.9 Å². The van der Waals surface area contributed by atoms with Gasteiger partial charge in [-0.15, -0.1) is 0 Å². The first-order valence-corrected chi connectivity index (χ1v) is 10.4. The second-order valence-corrected chi connectivity index (χ2v) is 8.30. The van der Waals surface area contributed by atoms with Crippen molar-refractivity contribution in [2.24, 2.45) is 0 Å². The third-order valence-corrected chi connectivity index (χ3v) is 6.23. The number of carbonyl (C=O) groups excluding carboxylic acids is 2. The molecule has 7 nitrogen and oxygen atoms in total. The molecule has 2 aliphatic rings. The maximum atomic E-state index is 14.6. The lowest BCUT2D eigenvalue weighted by molar-refractivity contribution is -0.121. The molecule has 2 heterocycles. The number of nitrogens with one attached hydrogen (secondary N) is 1. The van der Waals surface area contributed by atoms with Crippen molar-refractivity contribution in [2.45, 2.75) is 38.2 Å². The summed E-state index contributed by atoms with van der Waals surface area (Å²) < 4.78 is 31.3. The molecule has 1 aromatic carbocycles. The number of carbonyl (C=O) groups is 2. The first-order valence-electron chi connectivity index (χ1n) is 8.87. The van der Waals surface area contributed by atoms with Gasteiger partial charge in [-0.3, -0.25) is 9.69 Å². The van der Waals surface area contributed by atoms with Crippen LogP contribution in [0.2, 0.25) is 0 Å². The second kappa shape index (κ2) is 9.38. The predicted octanol–water partition coefficient (Wildman–Crippen LogP) is 1.48. The predicted molar refractivity (Wildman–Crippen MR) is 101 cm³/mol. The zero-order valence-corrected chi connectivity index (χ0v) is 16.0. The van der Waals surface area contributed by atoms with Gasteiger partial charge in [0.05, 0.1) is 18.8 Å². The highest BCUT2D eigenvalue weighted by Crippen LogP contribution is 2.33. The van der Waals surface area contributed by atoms with Gasteiger partial charge in [0.1, 0.15) is 23.4 Å². The Labute approximate surface area is 160 Å². The van der Waals surface area contributed by atoms with Crippen LogP contribution >= 0.6 is 0 Å². The quantitative estimate of drug-likeness (QED) is 0.754. The van der Waals surface area contributed by atoms with Crippen molar-refractivity contribution < 1.29 is 28.7 Å². The standard InChI is InChI=1S/C18H23FN2O4S.H2O/c1-2-17(22)20-10-14-11-21(18(23)25-14)13-3-4-15(16(19)9-13)12-5-7-26(24)8-6-12;/h3-4,9,12,14H,2,5-8,10-11H2,1H3,(H,20,22);1H2/t12-,14-,26-;/m0./s1. The lowest BCUT2D eigenvalue weighted by Gasteiger charge is -2.25. The molecule has 3 rings (SSSR count). The third-order valence-electron chi connectivity index (χ3n) is 4.85. The van der Waals surface area contributed by atoms with E-state index in [0.29, 0.717) is 42.0 Å². The number of amides is 2. The van der Waals surface area contributed by atoms with Crippen LogP contribution in [0.3, 0.4) is 0 Å². The van der Waals surface area contributed by atoms with E-state index >= 15 is 0 Å². The van der Waals surface area contributed by atoms with Gasteiger partial charge in [-0.25, -0.2) is 9.18 Å². The number of hydrogen-bond donors (Lipinski definition) is 1. The van der Waals surface area contributed by atoms with Crippen molar-refractivity contribution in [3.05, 3.63) is 29.6 Å². The molecule has 27 heavy (non-hydrogen) atoms. The number of nitrogens with zero attached hydrogens (tertiary/aromatic N) is 1. The van der Waals surface area contributed by atoms with Crippen molar-refractivity contribution in [1.82, 2.24) is 5.32 Å². The van der Waals surface area contributed by atoms with E-state index in [4.69, 9.17) is 4.74 Å². The maximum absolute atomic E-state index is 14.6. The topological polar surface area (TPSA) is 113 Å². The molecule has 1 atom stereocenters. The largest absolute Gasteiger partial charge is 0.616 e. The molecule has 3 N–H and O–H groups in total. The molecule has 150 valence electrons. The van der Waals surface area contributed by atoms with Gasteiger partial charge in [-0.2, -0.15) is 0 Å². The van der Waals surface area contributed by atoms with Crippen molar-refractivity contribution in [2.75, 3.05) is 29.5 Å². The lowest BCUT2D eigenvalue weighted by atomic mass is 9.93. The molecule has 0 radical (unpaired) electrons. The van der Waals surface area contributed by atoms with Crippen LogP contribution in [0.15, 0.2) is 18.2 Å². The summed E-state index contributed by atoms with van der Waals surface area (Å²) in [6.07, 6.45) is 0.808. The van der Waals surface area contributed by atoms with E-state index in [1.54, 1.807) is 19.1 Å². The minimum Gasteiger partial charge on any atom is -0.616 e. The minimum atomic E-state index is -0.785. The molecular formula is C18H25FN2O5S. The van der Waals surface area contributed by atoms with Crippen LogP contribution in [-0.4, -0.2) is 52.7 Å². The fourth-order valence-electron chi connectivity index (χ4n) is 3.31. The number of ether oxygens (including phenoxy) is 1. The van der Waals surface area contributed by atoms with Gasteiger partial charge in [-0.1, -0.05) is 24.2 Å². The lowest BCUT2D eigenvalue weighted by Crippen LogP contribution is -2.34. The van der Waals surface area contributed by atoms with Crippen LogP contribution in [0.1, 0.15) is 37.7 Å². The molecule has 0 unspecified atom stereocenters. The SMILES string of the molecule is CCC(=O)NC[C@H]1CN(c2ccc([C@H]3CC[S@+]([O-])CC3)c(F)c2)C(=O)O1.O. The van der Waals surface area contributed by atoms with E-state index in [2.05, 4.69) is 5.32 Å². The second-order valence-electron chi connectivity index (χ2n) is 6.60. The van der Waals surface area contributed by atoms with E-state index in [1.165, 1.54) is 11.0 Å². The minimum absolute atomic E-state index is 0. The monoisotopic (exact) mass is 400 g/mol. The summed E-state index contributed by atoms with van der Waals surface area (Å²) >= 11 is -0.785. The fraction of sp³-hybridized carbons (Fsp3) is 0.556. The van der Waals surface area contributed by atoms with Gasteiger partial charge < -0.3 is 20.1 Å². The maximum Gasteiger partial charge on any atom is 0.414 e. The van der Waals surface area contributed by atoms with E-state index in [0.717, 1.165) is 0 Å². The molecule has 2 amide bonds. The molecule has 9 heteroatoms. The number of halogens is 1. The summed E-state index contributed by atoms with van der Waals surface area (Å²) in [6, 6.07) is 4.79. The summed E-state index contributed by atoms with van der Waals surface area (Å²) in [5, 5.41) is 2.69. The summed E-state index contributed by atoms with van der Waals surface area (Å²) in [5.41, 5.74) is 1.06. The third kappa shape index (κ3) is 5.12. The fourth-order valence-corrected chi connectivity index (χ4v) is 4.61. The van der Waals surface area contributed by atoms with Crippen LogP contribution in [0.25, 0.3) is 0 Å². The molecule has 0 saturated carbocycles. The first-order chi connectivity index (χ1) is 12.5. The van der Waals surface area contributed by atoms with E-state index in [1.807, 2.05) is 0 Å². The molecule has 2 fully saturated rings. The van der Waals surface area contributed by atoms with Crippen molar-refractivity contribution in [3.63, 3.8) is 0 Å². The Kier molecular flexibility index (Phi) is 7.46. The normalized spacial score (nSPS) is 24.9. The average Bonchev–Trinajstić information content (AvgIpc) is 3.01. The van der Waals surface area contributed by atoms with Gasteiger partial charge in [0.2, 0.25) is 5.91 Å². The number of hydrogen-bond acceptors (Lipinski definition) is 4. The van der Waals surface area contributed by atoms with E-state index < -0.39 is 23.4 Å². The van der Waals surface area contributed by atoms with Gasteiger partial charge in [0, 0.05) is 6.42 Å². The van der Waals surface area contributed by atoms with Gasteiger partial charge in [0.25, 0.3) is 0 Å². The summed E-state index contributed by atoms with van der Waals surface area (Å²) in [4.78, 5) is 24.8. The van der Waals surface area contributed by atoms with E-state index in [-0.39, 0.29) is 36.2 Å². The number of benzene rings is 1. The summed E-state index contributed by atoms with van der Waals surface area (Å²) in [6.45, 7) is 2.26. The van der Waals surface area contributed by atoms with Gasteiger partial charge in [0.15, 0.2) is 0 Å². The molecule has 2 saturated heterocycles. The molecule has 0 spiro atoms. The molecular weight excluding hydrogens is 375 g/mol. The molecule has 1 aromatic rings. The van der Waals surface area contributed by atoms with Gasteiger partial charge >= 0.3 is 6.09 Å². The summed E-state index contributed by atoms with van der Waals surface area (Å²) in [7, 11) is 0. The Morgan fingerprint density at radius 2 is 2.11 bits per heavy atom. The Morgan fingerprint density at radius 3 is 2.74 bits per heavy atom. The highest BCUT2D eigenvalue weighted by Gasteiger charge is 2.33. The van der Waals surface area contributed by atoms with Gasteiger partial charge in [-0.05, 0) is 36.5 Å². The van der Waals surface area contributed by atoms with E-state index in [9.17, 15) is 18.5 Å². The zero-order chi connectivity index (χ0) is 18.7.